The Hall–Kier alpha value is -3.09. The van der Waals surface area contributed by atoms with Gasteiger partial charge in [0.25, 0.3) is 5.69 Å². The van der Waals surface area contributed by atoms with E-state index < -0.39 is 10.9 Å². The Morgan fingerprint density at radius 1 is 1.26 bits per heavy atom. The average Bonchev–Trinajstić information content (AvgIpc) is 2.54. The first kappa shape index (κ1) is 16.3. The number of hydrogen-bond acceptors (Lipinski definition) is 6. The monoisotopic (exact) mass is 316 g/mol. The van der Waals surface area contributed by atoms with Crippen LogP contribution in [0, 0.1) is 10.1 Å². The van der Waals surface area contributed by atoms with Crippen molar-refractivity contribution >= 4 is 17.3 Å². The van der Waals surface area contributed by atoms with Crippen LogP contribution in [0.4, 0.5) is 11.4 Å². The van der Waals surface area contributed by atoms with E-state index in [0.717, 1.165) is 5.56 Å². The van der Waals surface area contributed by atoms with Crippen LogP contribution >= 0.6 is 0 Å². The number of carbonyl (C=O) groups excluding carboxylic acids is 1. The zero-order valence-corrected chi connectivity index (χ0v) is 12.5. The molecule has 0 unspecified atom stereocenters. The lowest BCUT2D eigenvalue weighted by Gasteiger charge is -2.10. The van der Waals surface area contributed by atoms with Gasteiger partial charge in [-0.05, 0) is 30.7 Å². The SMILES string of the molecule is CCOC(=O)c1cc(NCc2ccc([N+](=O)[O-])cc2)ccc1O. The lowest BCUT2D eigenvalue weighted by atomic mass is 10.1. The maximum absolute atomic E-state index is 11.7. The molecule has 2 aromatic carbocycles. The lowest BCUT2D eigenvalue weighted by Crippen LogP contribution is -2.06. The van der Waals surface area contributed by atoms with Gasteiger partial charge in [0.15, 0.2) is 0 Å². The number of hydrogen-bond donors (Lipinski definition) is 2. The van der Waals surface area contributed by atoms with E-state index in [-0.39, 0.29) is 23.6 Å². The first-order valence-electron chi connectivity index (χ1n) is 6.98. The van der Waals surface area contributed by atoms with Gasteiger partial charge in [0.2, 0.25) is 0 Å². The van der Waals surface area contributed by atoms with Crippen LogP contribution in [0.15, 0.2) is 42.5 Å². The van der Waals surface area contributed by atoms with Crippen molar-refractivity contribution in [1.82, 2.24) is 0 Å². The van der Waals surface area contributed by atoms with Crippen molar-refractivity contribution in [1.29, 1.82) is 0 Å². The Balaban J connectivity index is 2.07. The Kier molecular flexibility index (Phi) is 5.14. The number of nitro groups is 1. The number of nitro benzene ring substituents is 1. The van der Waals surface area contributed by atoms with Crippen molar-refractivity contribution in [2.75, 3.05) is 11.9 Å². The summed E-state index contributed by atoms with van der Waals surface area (Å²) >= 11 is 0. The zero-order chi connectivity index (χ0) is 16.8. The van der Waals surface area contributed by atoms with E-state index in [1.54, 1.807) is 25.1 Å². The number of non-ortho nitro benzene ring substituents is 1. The summed E-state index contributed by atoms with van der Waals surface area (Å²) in [7, 11) is 0. The second-order valence-corrected chi connectivity index (χ2v) is 4.73. The van der Waals surface area contributed by atoms with Crippen LogP contribution in [0.3, 0.4) is 0 Å². The number of rotatable bonds is 6. The zero-order valence-electron chi connectivity index (χ0n) is 12.5. The fourth-order valence-electron chi connectivity index (χ4n) is 1.96. The summed E-state index contributed by atoms with van der Waals surface area (Å²) in [5, 5.41) is 23.4. The van der Waals surface area contributed by atoms with Gasteiger partial charge < -0.3 is 15.2 Å². The van der Waals surface area contributed by atoms with E-state index in [0.29, 0.717) is 12.2 Å². The molecule has 7 nitrogen and oxygen atoms in total. The molecule has 0 aromatic heterocycles. The van der Waals surface area contributed by atoms with E-state index in [9.17, 15) is 20.0 Å². The van der Waals surface area contributed by atoms with Gasteiger partial charge in [-0.25, -0.2) is 4.79 Å². The number of ether oxygens (including phenoxy) is 1. The van der Waals surface area contributed by atoms with Gasteiger partial charge in [-0.15, -0.1) is 0 Å². The number of nitrogens with zero attached hydrogens (tertiary/aromatic N) is 1. The average molecular weight is 316 g/mol. The largest absolute Gasteiger partial charge is 0.507 e. The van der Waals surface area contributed by atoms with Crippen molar-refractivity contribution in [3.63, 3.8) is 0 Å². The van der Waals surface area contributed by atoms with E-state index in [1.807, 2.05) is 0 Å². The Labute approximate surface area is 132 Å². The normalized spacial score (nSPS) is 10.1. The summed E-state index contributed by atoms with van der Waals surface area (Å²) < 4.78 is 4.87. The van der Waals surface area contributed by atoms with Crippen LogP contribution in [0.25, 0.3) is 0 Å². The van der Waals surface area contributed by atoms with Crippen molar-refractivity contribution < 1.29 is 19.6 Å². The third-order valence-corrected chi connectivity index (χ3v) is 3.14. The van der Waals surface area contributed by atoms with Crippen LogP contribution in [0.5, 0.6) is 5.75 Å². The summed E-state index contributed by atoms with van der Waals surface area (Å²) in [6.07, 6.45) is 0. The topological polar surface area (TPSA) is 102 Å². The van der Waals surface area contributed by atoms with Gasteiger partial charge >= 0.3 is 5.97 Å². The molecule has 0 radical (unpaired) electrons. The highest BCUT2D eigenvalue weighted by molar-refractivity contribution is 5.93. The number of phenolic OH excluding ortho intramolecular Hbond substituents is 1. The minimum absolute atomic E-state index is 0.0305. The number of esters is 1. The van der Waals surface area contributed by atoms with Crippen molar-refractivity contribution in [2.24, 2.45) is 0 Å². The molecule has 0 aliphatic heterocycles. The fraction of sp³-hybridized carbons (Fsp3) is 0.188. The molecule has 0 aliphatic rings. The summed E-state index contributed by atoms with van der Waals surface area (Å²) in [4.78, 5) is 21.9. The molecule has 0 spiro atoms. The van der Waals surface area contributed by atoms with Gasteiger partial charge in [-0.1, -0.05) is 12.1 Å². The molecule has 2 aromatic rings. The van der Waals surface area contributed by atoms with E-state index in [2.05, 4.69) is 5.32 Å². The molecule has 0 aliphatic carbocycles. The second kappa shape index (κ2) is 7.26. The summed E-state index contributed by atoms with van der Waals surface area (Å²) in [6.45, 7) is 2.33. The molecule has 2 rings (SSSR count). The standard InChI is InChI=1S/C16H16N2O5/c1-2-23-16(20)14-9-12(5-8-15(14)19)17-10-11-3-6-13(7-4-11)18(21)22/h3-9,17,19H,2,10H2,1H3. The number of benzene rings is 2. The molecule has 0 amide bonds. The molecular weight excluding hydrogens is 300 g/mol. The van der Waals surface area contributed by atoms with Gasteiger partial charge in [0, 0.05) is 24.4 Å². The Bertz CT molecular complexity index is 713. The van der Waals surface area contributed by atoms with Crippen LogP contribution in [0.2, 0.25) is 0 Å². The highest BCUT2D eigenvalue weighted by Gasteiger charge is 2.13. The minimum atomic E-state index is -0.594. The molecule has 120 valence electrons. The summed E-state index contributed by atoms with van der Waals surface area (Å²) in [5.74, 6) is -0.742. The van der Waals surface area contributed by atoms with Crippen LogP contribution in [-0.2, 0) is 11.3 Å². The molecule has 2 N–H and O–H groups in total. The predicted octanol–water partition coefficient (Wildman–Crippen LogP) is 3.09. The van der Waals surface area contributed by atoms with Gasteiger partial charge in [0.05, 0.1) is 11.5 Å². The lowest BCUT2D eigenvalue weighted by molar-refractivity contribution is -0.384. The van der Waals surface area contributed by atoms with Crippen molar-refractivity contribution in [3.05, 3.63) is 63.7 Å². The molecule has 0 saturated heterocycles. The number of anilines is 1. The van der Waals surface area contributed by atoms with E-state index >= 15 is 0 Å². The smallest absolute Gasteiger partial charge is 0.341 e. The second-order valence-electron chi connectivity index (χ2n) is 4.73. The van der Waals surface area contributed by atoms with Crippen molar-refractivity contribution in [3.8, 4) is 5.75 Å². The molecule has 0 saturated carbocycles. The fourth-order valence-corrected chi connectivity index (χ4v) is 1.96. The van der Waals surface area contributed by atoms with Gasteiger partial charge in [-0.3, -0.25) is 10.1 Å². The van der Waals surface area contributed by atoms with E-state index in [1.165, 1.54) is 24.3 Å². The van der Waals surface area contributed by atoms with Gasteiger partial charge in [0.1, 0.15) is 11.3 Å². The molecule has 0 atom stereocenters. The third kappa shape index (κ3) is 4.19. The van der Waals surface area contributed by atoms with Crippen LogP contribution < -0.4 is 5.32 Å². The van der Waals surface area contributed by atoms with Crippen LogP contribution in [-0.4, -0.2) is 22.6 Å². The third-order valence-electron chi connectivity index (χ3n) is 3.14. The molecule has 23 heavy (non-hydrogen) atoms. The highest BCUT2D eigenvalue weighted by Crippen LogP contribution is 2.23. The molecule has 7 heteroatoms. The highest BCUT2D eigenvalue weighted by atomic mass is 16.6. The maximum atomic E-state index is 11.7. The number of aromatic hydroxyl groups is 1. The first-order chi connectivity index (χ1) is 11.0. The quantitative estimate of drug-likeness (QED) is 0.367. The number of carbonyl (C=O) groups is 1. The minimum Gasteiger partial charge on any atom is -0.507 e. The number of nitrogens with one attached hydrogen (secondary N) is 1. The molecule has 0 bridgehead atoms. The summed E-state index contributed by atoms with van der Waals surface area (Å²) in [6, 6.07) is 10.7. The van der Waals surface area contributed by atoms with Crippen LogP contribution in [0.1, 0.15) is 22.8 Å². The molecular formula is C16H16N2O5. The van der Waals surface area contributed by atoms with Crippen molar-refractivity contribution in [2.45, 2.75) is 13.5 Å². The van der Waals surface area contributed by atoms with Gasteiger partial charge in [-0.2, -0.15) is 0 Å². The number of phenols is 1. The molecule has 0 heterocycles. The summed E-state index contributed by atoms with van der Waals surface area (Å²) in [5.41, 5.74) is 1.59. The molecule has 0 fully saturated rings. The predicted molar refractivity (Wildman–Crippen MR) is 84.5 cm³/mol. The Morgan fingerprint density at radius 2 is 1.96 bits per heavy atom. The Morgan fingerprint density at radius 3 is 2.57 bits per heavy atom. The first-order valence-corrected chi connectivity index (χ1v) is 6.98. The van der Waals surface area contributed by atoms with E-state index in [4.69, 9.17) is 4.74 Å². The maximum Gasteiger partial charge on any atom is 0.341 e.